The second-order valence-corrected chi connectivity index (χ2v) is 9.85. The number of carbonyl (C=O) groups excluding carboxylic acids is 1. The number of hydrogen-bond acceptors (Lipinski definition) is 7. The third-order valence-corrected chi connectivity index (χ3v) is 6.15. The lowest BCUT2D eigenvalue weighted by Crippen LogP contribution is -2.40. The van der Waals surface area contributed by atoms with Crippen LogP contribution in [-0.2, 0) is 0 Å². The molecule has 0 aliphatic heterocycles. The monoisotopic (exact) mass is 428 g/mol. The minimum Gasteiger partial charge on any atom is -0.362 e. The molecule has 0 atom stereocenters. The number of amides is 1. The first-order valence-corrected chi connectivity index (χ1v) is 11.4. The first kappa shape index (κ1) is 22.3. The summed E-state index contributed by atoms with van der Waals surface area (Å²) >= 11 is 1.62. The number of hydrogen-bond donors (Lipinski definition) is 2. The SMILES string of the molecule is Cc1cnc(N[C@H]2CC[C@@H](NC(=O)c3cccnc3SC(C)C)CC2)nc1N(C)C. The summed E-state index contributed by atoms with van der Waals surface area (Å²) in [5.41, 5.74) is 1.73. The fourth-order valence-corrected chi connectivity index (χ4v) is 4.52. The topological polar surface area (TPSA) is 83.0 Å². The average molecular weight is 429 g/mol. The molecule has 0 spiro atoms. The van der Waals surface area contributed by atoms with Crippen molar-refractivity contribution in [2.45, 2.75) is 68.8 Å². The summed E-state index contributed by atoms with van der Waals surface area (Å²) in [6.45, 7) is 6.23. The van der Waals surface area contributed by atoms with E-state index >= 15 is 0 Å². The molecule has 1 aliphatic carbocycles. The third-order valence-electron chi connectivity index (χ3n) is 5.13. The summed E-state index contributed by atoms with van der Waals surface area (Å²) in [7, 11) is 3.97. The summed E-state index contributed by atoms with van der Waals surface area (Å²) in [4.78, 5) is 28.3. The van der Waals surface area contributed by atoms with E-state index in [1.807, 2.05) is 44.2 Å². The van der Waals surface area contributed by atoms with Crippen molar-refractivity contribution in [2.75, 3.05) is 24.3 Å². The lowest BCUT2D eigenvalue weighted by Gasteiger charge is -2.30. The van der Waals surface area contributed by atoms with Gasteiger partial charge in [-0.15, -0.1) is 11.8 Å². The van der Waals surface area contributed by atoms with Gasteiger partial charge in [-0.25, -0.2) is 9.97 Å². The first-order valence-electron chi connectivity index (χ1n) is 10.5. The molecule has 1 saturated carbocycles. The van der Waals surface area contributed by atoms with Gasteiger partial charge in [0.25, 0.3) is 5.91 Å². The Morgan fingerprint density at radius 3 is 2.53 bits per heavy atom. The lowest BCUT2D eigenvalue weighted by atomic mass is 9.91. The number of thioether (sulfide) groups is 1. The highest BCUT2D eigenvalue weighted by Crippen LogP contribution is 2.26. The summed E-state index contributed by atoms with van der Waals surface area (Å²) in [5, 5.41) is 7.85. The maximum absolute atomic E-state index is 12.8. The molecule has 2 aromatic rings. The predicted molar refractivity (Wildman–Crippen MR) is 123 cm³/mol. The van der Waals surface area contributed by atoms with Crippen LogP contribution in [0.5, 0.6) is 0 Å². The Kier molecular flexibility index (Phi) is 7.53. The summed E-state index contributed by atoms with van der Waals surface area (Å²) in [6, 6.07) is 4.19. The maximum Gasteiger partial charge on any atom is 0.254 e. The molecule has 0 bridgehead atoms. The van der Waals surface area contributed by atoms with Crippen molar-refractivity contribution >= 4 is 29.4 Å². The minimum atomic E-state index is -0.0276. The van der Waals surface area contributed by atoms with Crippen molar-refractivity contribution in [1.29, 1.82) is 0 Å². The fraction of sp³-hybridized carbons (Fsp3) is 0.545. The van der Waals surface area contributed by atoms with Crippen molar-refractivity contribution in [1.82, 2.24) is 20.3 Å². The quantitative estimate of drug-likeness (QED) is 0.647. The van der Waals surface area contributed by atoms with Crippen LogP contribution in [0, 0.1) is 6.92 Å². The molecule has 0 aromatic carbocycles. The number of anilines is 2. The Bertz CT molecular complexity index is 864. The van der Waals surface area contributed by atoms with Gasteiger partial charge in [0.15, 0.2) is 0 Å². The van der Waals surface area contributed by atoms with Gasteiger partial charge in [-0.2, -0.15) is 4.98 Å². The van der Waals surface area contributed by atoms with Gasteiger partial charge in [0, 0.05) is 49.4 Å². The van der Waals surface area contributed by atoms with E-state index in [-0.39, 0.29) is 11.9 Å². The van der Waals surface area contributed by atoms with Gasteiger partial charge in [-0.3, -0.25) is 4.79 Å². The first-order chi connectivity index (χ1) is 14.3. The van der Waals surface area contributed by atoms with Crippen LogP contribution in [0.25, 0.3) is 0 Å². The Balaban J connectivity index is 1.54. The number of carbonyl (C=O) groups is 1. The number of rotatable bonds is 7. The van der Waals surface area contributed by atoms with E-state index in [0.717, 1.165) is 42.1 Å². The minimum absolute atomic E-state index is 0.0276. The van der Waals surface area contributed by atoms with Crippen LogP contribution < -0.4 is 15.5 Å². The second-order valence-electron chi connectivity index (χ2n) is 8.28. The molecule has 2 N–H and O–H groups in total. The highest BCUT2D eigenvalue weighted by molar-refractivity contribution is 7.99. The fourth-order valence-electron chi connectivity index (χ4n) is 3.66. The zero-order valence-electron chi connectivity index (χ0n) is 18.5. The molecule has 7 nitrogen and oxygen atoms in total. The number of aromatic nitrogens is 3. The normalized spacial score (nSPS) is 18.9. The molecule has 1 amide bonds. The van der Waals surface area contributed by atoms with E-state index < -0.39 is 0 Å². The predicted octanol–water partition coefficient (Wildman–Crippen LogP) is 3.90. The Hall–Kier alpha value is -2.35. The van der Waals surface area contributed by atoms with Gasteiger partial charge in [0.05, 0.1) is 5.56 Å². The van der Waals surface area contributed by atoms with Crippen molar-refractivity contribution in [3.63, 3.8) is 0 Å². The highest BCUT2D eigenvalue weighted by Gasteiger charge is 2.24. The van der Waals surface area contributed by atoms with Crippen molar-refractivity contribution in [2.24, 2.45) is 0 Å². The van der Waals surface area contributed by atoms with Crippen molar-refractivity contribution in [3.8, 4) is 0 Å². The maximum atomic E-state index is 12.8. The van der Waals surface area contributed by atoms with Crippen LogP contribution in [-0.4, -0.2) is 52.3 Å². The summed E-state index contributed by atoms with van der Waals surface area (Å²) < 4.78 is 0. The molecular weight excluding hydrogens is 396 g/mol. The van der Waals surface area contributed by atoms with E-state index in [2.05, 4.69) is 39.4 Å². The van der Waals surface area contributed by atoms with E-state index in [0.29, 0.717) is 22.8 Å². The van der Waals surface area contributed by atoms with Gasteiger partial charge in [-0.1, -0.05) is 13.8 Å². The molecule has 1 fully saturated rings. The van der Waals surface area contributed by atoms with E-state index in [1.54, 1.807) is 18.0 Å². The summed E-state index contributed by atoms with van der Waals surface area (Å²) in [6.07, 6.45) is 7.41. The molecule has 2 aromatic heterocycles. The molecule has 30 heavy (non-hydrogen) atoms. The average Bonchev–Trinajstić information content (AvgIpc) is 2.70. The molecule has 3 rings (SSSR count). The van der Waals surface area contributed by atoms with E-state index in [1.165, 1.54) is 0 Å². The number of nitrogens with one attached hydrogen (secondary N) is 2. The van der Waals surface area contributed by atoms with Crippen LogP contribution in [0.2, 0.25) is 0 Å². The Morgan fingerprint density at radius 1 is 1.17 bits per heavy atom. The summed E-state index contributed by atoms with van der Waals surface area (Å²) in [5.74, 6) is 1.57. The highest BCUT2D eigenvalue weighted by atomic mass is 32.2. The standard InChI is InChI=1S/C22H32N6OS/c1-14(2)30-21-18(7-6-12-23-21)20(29)25-16-8-10-17(11-9-16)26-22-24-13-15(3)19(27-22)28(4)5/h6-7,12-14,16-17H,8-11H2,1-5H3,(H,25,29)(H,24,26,27)/t16-,17+. The molecule has 0 saturated heterocycles. The molecule has 0 radical (unpaired) electrons. The molecule has 0 unspecified atom stereocenters. The Labute approximate surface area is 183 Å². The number of nitrogens with zero attached hydrogens (tertiary/aromatic N) is 4. The van der Waals surface area contributed by atoms with Crippen LogP contribution in [0.3, 0.4) is 0 Å². The van der Waals surface area contributed by atoms with Crippen molar-refractivity contribution < 1.29 is 4.79 Å². The molecule has 1 aliphatic rings. The smallest absolute Gasteiger partial charge is 0.254 e. The van der Waals surface area contributed by atoms with E-state index in [4.69, 9.17) is 0 Å². The zero-order chi connectivity index (χ0) is 21.7. The largest absolute Gasteiger partial charge is 0.362 e. The lowest BCUT2D eigenvalue weighted by molar-refractivity contribution is 0.0923. The van der Waals surface area contributed by atoms with Crippen LogP contribution in [0.4, 0.5) is 11.8 Å². The number of aryl methyl sites for hydroxylation is 1. The van der Waals surface area contributed by atoms with Gasteiger partial charge < -0.3 is 15.5 Å². The Morgan fingerprint density at radius 2 is 1.87 bits per heavy atom. The van der Waals surface area contributed by atoms with Crippen LogP contribution in [0.1, 0.15) is 55.5 Å². The molecule has 2 heterocycles. The second kappa shape index (κ2) is 10.1. The zero-order valence-corrected chi connectivity index (χ0v) is 19.3. The third kappa shape index (κ3) is 5.84. The van der Waals surface area contributed by atoms with Crippen molar-refractivity contribution in [3.05, 3.63) is 35.7 Å². The molecular formula is C22H32N6OS. The van der Waals surface area contributed by atoms with Crippen LogP contribution in [0.15, 0.2) is 29.6 Å². The van der Waals surface area contributed by atoms with Gasteiger partial charge in [0.1, 0.15) is 10.8 Å². The van der Waals surface area contributed by atoms with Gasteiger partial charge in [0.2, 0.25) is 5.95 Å². The van der Waals surface area contributed by atoms with E-state index in [9.17, 15) is 4.79 Å². The molecule has 8 heteroatoms. The number of pyridine rings is 1. The van der Waals surface area contributed by atoms with Gasteiger partial charge in [-0.05, 0) is 44.7 Å². The van der Waals surface area contributed by atoms with Crippen LogP contribution >= 0.6 is 11.8 Å². The van der Waals surface area contributed by atoms with Gasteiger partial charge >= 0.3 is 0 Å². The molecule has 162 valence electrons.